The van der Waals surface area contributed by atoms with Gasteiger partial charge in [0.15, 0.2) is 0 Å². The number of H-pyrrole nitrogens is 1. The largest absolute Gasteiger partial charge is 0.416 e. The van der Waals surface area contributed by atoms with E-state index in [0.29, 0.717) is 23.5 Å². The fourth-order valence-electron chi connectivity index (χ4n) is 3.75. The number of alkyl halides is 6. The molecule has 1 aromatic carbocycles. The number of rotatable bonds is 4. The maximum atomic E-state index is 13.2. The Morgan fingerprint density at radius 1 is 0.879 bits per heavy atom. The molecule has 1 aliphatic rings. The summed E-state index contributed by atoms with van der Waals surface area (Å²) in [6.07, 6.45) is -6.94. The number of pyridine rings is 1. The van der Waals surface area contributed by atoms with Crippen molar-refractivity contribution in [2.75, 3.05) is 37.6 Å². The minimum Gasteiger partial charge on any atom is -0.354 e. The molecule has 3 aromatic rings. The van der Waals surface area contributed by atoms with E-state index in [0.717, 1.165) is 38.5 Å². The fourth-order valence-corrected chi connectivity index (χ4v) is 3.75. The van der Waals surface area contributed by atoms with Crippen LogP contribution < -0.4 is 4.90 Å². The van der Waals surface area contributed by atoms with Gasteiger partial charge in [0.2, 0.25) is 0 Å². The van der Waals surface area contributed by atoms with Gasteiger partial charge in [0.05, 0.1) is 16.8 Å². The van der Waals surface area contributed by atoms with Crippen molar-refractivity contribution < 1.29 is 26.3 Å². The highest BCUT2D eigenvalue weighted by molar-refractivity contribution is 5.67. The fraction of sp³-hybridized carbons (Fsp3) is 0.364. The Kier molecular flexibility index (Phi) is 6.08. The minimum atomic E-state index is -4.92. The molecule has 1 saturated heterocycles. The number of likely N-dealkylation sites (N-methyl/N-ethyl adjacent to an activating group) is 1. The van der Waals surface area contributed by atoms with Crippen molar-refractivity contribution in [3.63, 3.8) is 0 Å². The maximum Gasteiger partial charge on any atom is 0.416 e. The zero-order valence-electron chi connectivity index (χ0n) is 17.6. The van der Waals surface area contributed by atoms with Gasteiger partial charge in [0.25, 0.3) is 0 Å². The topological polar surface area (TPSA) is 48.0 Å². The van der Waals surface area contributed by atoms with Gasteiger partial charge in [-0.15, -0.1) is 0 Å². The quantitative estimate of drug-likeness (QED) is 0.526. The van der Waals surface area contributed by atoms with E-state index in [1.54, 1.807) is 18.3 Å². The Balaban J connectivity index is 1.64. The van der Waals surface area contributed by atoms with Gasteiger partial charge in [-0.05, 0) is 36.9 Å². The van der Waals surface area contributed by atoms with E-state index in [9.17, 15) is 26.3 Å². The minimum absolute atomic E-state index is 0.0171. The molecule has 3 heterocycles. The summed E-state index contributed by atoms with van der Waals surface area (Å²) in [6, 6.07) is 4.92. The second kappa shape index (κ2) is 8.69. The molecule has 0 aliphatic carbocycles. The summed E-state index contributed by atoms with van der Waals surface area (Å²) in [5, 5.41) is 0. The van der Waals surface area contributed by atoms with E-state index in [1.807, 2.05) is 0 Å². The molecule has 0 radical (unpaired) electrons. The average molecular weight is 469 g/mol. The van der Waals surface area contributed by atoms with Crippen molar-refractivity contribution in [3.05, 3.63) is 53.9 Å². The number of aromatic amines is 1. The lowest BCUT2D eigenvalue weighted by molar-refractivity contribution is -0.143. The third kappa shape index (κ3) is 5.13. The number of hydrogen-bond donors (Lipinski definition) is 1. The van der Waals surface area contributed by atoms with E-state index in [2.05, 4.69) is 31.7 Å². The summed E-state index contributed by atoms with van der Waals surface area (Å²) in [5.74, 6) is 1.06. The van der Waals surface area contributed by atoms with E-state index >= 15 is 0 Å². The lowest BCUT2D eigenvalue weighted by Gasteiger charge is -2.34. The van der Waals surface area contributed by atoms with Gasteiger partial charge in [-0.25, -0.2) is 9.97 Å². The first-order valence-corrected chi connectivity index (χ1v) is 10.3. The molecule has 1 fully saturated rings. The molecule has 176 valence electrons. The van der Waals surface area contributed by atoms with Crippen molar-refractivity contribution in [2.45, 2.75) is 19.3 Å². The van der Waals surface area contributed by atoms with Crippen LogP contribution in [-0.2, 0) is 12.4 Å². The number of piperazine rings is 1. The number of anilines is 1. The van der Waals surface area contributed by atoms with Gasteiger partial charge in [0, 0.05) is 49.7 Å². The van der Waals surface area contributed by atoms with E-state index < -0.39 is 23.5 Å². The maximum absolute atomic E-state index is 13.2. The van der Waals surface area contributed by atoms with E-state index in [4.69, 9.17) is 0 Å². The molecule has 0 saturated carbocycles. The first-order valence-electron chi connectivity index (χ1n) is 10.3. The third-order valence-corrected chi connectivity index (χ3v) is 5.62. The van der Waals surface area contributed by atoms with Gasteiger partial charge in [-0.1, -0.05) is 6.92 Å². The smallest absolute Gasteiger partial charge is 0.354 e. The molecule has 0 atom stereocenters. The highest BCUT2D eigenvalue weighted by Crippen LogP contribution is 2.38. The molecule has 0 unspecified atom stereocenters. The normalized spacial score (nSPS) is 15.8. The lowest BCUT2D eigenvalue weighted by atomic mass is 10.0. The number of halogens is 6. The van der Waals surface area contributed by atoms with Gasteiger partial charge >= 0.3 is 12.4 Å². The Labute approximate surface area is 186 Å². The Hall–Kier alpha value is -3.08. The number of nitrogens with one attached hydrogen (secondary N) is 1. The summed E-state index contributed by atoms with van der Waals surface area (Å²) in [7, 11) is 0. The third-order valence-electron chi connectivity index (χ3n) is 5.62. The van der Waals surface area contributed by atoms with Crippen molar-refractivity contribution in [2.24, 2.45) is 0 Å². The van der Waals surface area contributed by atoms with Crippen LogP contribution in [0, 0.1) is 0 Å². The summed E-state index contributed by atoms with van der Waals surface area (Å²) in [6.45, 7) is 6.50. The summed E-state index contributed by atoms with van der Waals surface area (Å²) < 4.78 is 79.1. The number of benzene rings is 1. The number of nitrogens with zero attached hydrogens (tertiary/aromatic N) is 4. The Bertz CT molecular complexity index is 1080. The molecule has 5 nitrogen and oxygen atoms in total. The van der Waals surface area contributed by atoms with Crippen LogP contribution in [0.15, 0.2) is 42.7 Å². The van der Waals surface area contributed by atoms with Crippen LogP contribution in [0.5, 0.6) is 0 Å². The predicted octanol–water partition coefficient (Wildman–Crippen LogP) is 5.32. The average Bonchev–Trinajstić information content (AvgIpc) is 3.28. The Morgan fingerprint density at radius 3 is 2.09 bits per heavy atom. The monoisotopic (exact) mass is 469 g/mol. The van der Waals surface area contributed by atoms with Crippen LogP contribution in [-0.4, -0.2) is 52.6 Å². The molecular weight excluding hydrogens is 448 g/mol. The second-order valence-electron chi connectivity index (χ2n) is 7.75. The molecule has 2 aromatic heterocycles. The van der Waals surface area contributed by atoms with E-state index in [-0.39, 0.29) is 17.3 Å². The lowest BCUT2D eigenvalue weighted by Crippen LogP contribution is -2.46. The highest BCUT2D eigenvalue weighted by Gasteiger charge is 2.37. The summed E-state index contributed by atoms with van der Waals surface area (Å²) in [5.41, 5.74) is -2.42. The molecule has 1 aliphatic heterocycles. The van der Waals surface area contributed by atoms with Gasteiger partial charge in [0.1, 0.15) is 11.6 Å². The van der Waals surface area contributed by atoms with Crippen LogP contribution in [0.4, 0.5) is 32.2 Å². The first-order chi connectivity index (χ1) is 15.5. The number of imidazole rings is 1. The molecule has 0 bridgehead atoms. The molecule has 33 heavy (non-hydrogen) atoms. The van der Waals surface area contributed by atoms with Crippen molar-refractivity contribution >= 4 is 5.82 Å². The van der Waals surface area contributed by atoms with Crippen molar-refractivity contribution in [3.8, 4) is 22.6 Å². The van der Waals surface area contributed by atoms with E-state index in [1.165, 1.54) is 6.20 Å². The first kappa shape index (κ1) is 23.1. The van der Waals surface area contributed by atoms with Crippen LogP contribution in [0.25, 0.3) is 22.6 Å². The van der Waals surface area contributed by atoms with Crippen molar-refractivity contribution in [1.29, 1.82) is 0 Å². The molecule has 0 amide bonds. The number of hydrogen-bond acceptors (Lipinski definition) is 4. The second-order valence-corrected chi connectivity index (χ2v) is 7.75. The molecular formula is C22H21F6N5. The van der Waals surface area contributed by atoms with Crippen LogP contribution >= 0.6 is 0 Å². The van der Waals surface area contributed by atoms with Gasteiger partial charge in [-0.3, -0.25) is 0 Å². The highest BCUT2D eigenvalue weighted by atomic mass is 19.4. The standard InChI is InChI=1S/C22H21F6N5/c1-2-32-5-7-33(8-6-32)19-11-14(3-4-29-19)20-30-13-18(31-20)15-9-16(21(23,24)25)12-17(10-15)22(26,27)28/h3-4,9-13H,2,5-8H2,1H3,(H,30,31). The van der Waals surface area contributed by atoms with Crippen LogP contribution in [0.3, 0.4) is 0 Å². The molecule has 11 heteroatoms. The zero-order valence-corrected chi connectivity index (χ0v) is 17.6. The molecule has 4 rings (SSSR count). The summed E-state index contributed by atoms with van der Waals surface area (Å²) >= 11 is 0. The van der Waals surface area contributed by atoms with Crippen LogP contribution in [0.1, 0.15) is 18.1 Å². The van der Waals surface area contributed by atoms with Crippen LogP contribution in [0.2, 0.25) is 0 Å². The SMILES string of the molecule is CCN1CCN(c2cc(-c3nc(-c4cc(C(F)(F)F)cc(C(F)(F)F)c4)c[nH]3)ccn2)CC1. The molecule has 1 N–H and O–H groups in total. The number of aromatic nitrogens is 3. The zero-order chi connectivity index (χ0) is 23.8. The van der Waals surface area contributed by atoms with Crippen molar-refractivity contribution in [1.82, 2.24) is 19.9 Å². The van der Waals surface area contributed by atoms with Gasteiger partial charge in [-0.2, -0.15) is 26.3 Å². The predicted molar refractivity (Wildman–Crippen MR) is 112 cm³/mol. The Morgan fingerprint density at radius 2 is 1.52 bits per heavy atom. The molecule has 0 spiro atoms. The van der Waals surface area contributed by atoms with Gasteiger partial charge < -0.3 is 14.8 Å². The summed E-state index contributed by atoms with van der Waals surface area (Å²) in [4.78, 5) is 16.0.